The van der Waals surface area contributed by atoms with Gasteiger partial charge in [0.25, 0.3) is 0 Å². The topological polar surface area (TPSA) is 81.7 Å². The molecule has 1 amide bonds. The average Bonchev–Trinajstić information content (AvgIpc) is 2.29. The number of hydrogen-bond acceptors (Lipinski definition) is 5. The van der Waals surface area contributed by atoms with Crippen LogP contribution in [0.2, 0.25) is 0 Å². The predicted octanol–water partition coefficient (Wildman–Crippen LogP) is 0.255. The van der Waals surface area contributed by atoms with E-state index in [0.29, 0.717) is 13.0 Å². The lowest BCUT2D eigenvalue weighted by Gasteiger charge is -2.10. The van der Waals surface area contributed by atoms with E-state index in [1.54, 1.807) is 20.8 Å². The van der Waals surface area contributed by atoms with Gasteiger partial charge < -0.3 is 14.8 Å². The van der Waals surface area contributed by atoms with Crippen molar-refractivity contribution in [2.24, 2.45) is 5.92 Å². The Morgan fingerprint density at radius 3 is 2.24 bits per heavy atom. The van der Waals surface area contributed by atoms with Crippen molar-refractivity contribution in [2.75, 3.05) is 19.8 Å². The fourth-order valence-electron chi connectivity index (χ4n) is 1.07. The fraction of sp³-hybridized carbons (Fsp3) is 0.727. The molecule has 1 unspecified atom stereocenters. The van der Waals surface area contributed by atoms with Crippen LogP contribution < -0.4 is 5.32 Å². The van der Waals surface area contributed by atoms with Crippen LogP contribution in [0.25, 0.3) is 0 Å². The third kappa shape index (κ3) is 6.55. The summed E-state index contributed by atoms with van der Waals surface area (Å²) in [6.45, 7) is 5.77. The van der Waals surface area contributed by atoms with Crippen molar-refractivity contribution < 1.29 is 23.9 Å². The maximum atomic E-state index is 11.2. The van der Waals surface area contributed by atoms with Crippen LogP contribution in [0.3, 0.4) is 0 Å². The minimum Gasteiger partial charge on any atom is -0.466 e. The van der Waals surface area contributed by atoms with Crippen molar-refractivity contribution in [1.29, 1.82) is 0 Å². The second-order valence-corrected chi connectivity index (χ2v) is 3.42. The molecule has 0 aliphatic rings. The molecule has 98 valence electrons. The molecule has 0 aliphatic carbocycles. The molecular weight excluding hydrogens is 226 g/mol. The molecule has 0 aromatic carbocycles. The van der Waals surface area contributed by atoms with Gasteiger partial charge in [-0.3, -0.25) is 9.59 Å². The fourth-order valence-corrected chi connectivity index (χ4v) is 1.07. The molecular formula is C11H19NO5. The van der Waals surface area contributed by atoms with E-state index in [1.807, 2.05) is 0 Å². The summed E-state index contributed by atoms with van der Waals surface area (Å²) in [5.41, 5.74) is 0. The van der Waals surface area contributed by atoms with Gasteiger partial charge in [-0.15, -0.1) is 0 Å². The molecule has 0 rings (SSSR count). The Labute approximate surface area is 101 Å². The average molecular weight is 245 g/mol. The van der Waals surface area contributed by atoms with Crippen LogP contribution in [0.4, 0.5) is 0 Å². The van der Waals surface area contributed by atoms with Crippen molar-refractivity contribution in [1.82, 2.24) is 5.32 Å². The molecule has 0 aliphatic heterocycles. The molecule has 6 heteroatoms. The van der Waals surface area contributed by atoms with Gasteiger partial charge in [0.15, 0.2) is 0 Å². The Morgan fingerprint density at radius 1 is 1.12 bits per heavy atom. The zero-order valence-electron chi connectivity index (χ0n) is 10.4. The van der Waals surface area contributed by atoms with Gasteiger partial charge >= 0.3 is 17.8 Å². The molecule has 0 aromatic heterocycles. The first-order valence-electron chi connectivity index (χ1n) is 5.64. The van der Waals surface area contributed by atoms with Gasteiger partial charge in [0.2, 0.25) is 0 Å². The number of carbonyl (C=O) groups is 3. The van der Waals surface area contributed by atoms with Crippen LogP contribution in [-0.2, 0) is 23.9 Å². The van der Waals surface area contributed by atoms with Gasteiger partial charge in [-0.05, 0) is 20.3 Å². The van der Waals surface area contributed by atoms with Gasteiger partial charge in [-0.1, -0.05) is 6.92 Å². The van der Waals surface area contributed by atoms with Crippen molar-refractivity contribution in [3.05, 3.63) is 0 Å². The van der Waals surface area contributed by atoms with Crippen LogP contribution in [0.1, 0.15) is 27.2 Å². The summed E-state index contributed by atoms with van der Waals surface area (Å²) in [5, 5.41) is 2.37. The Hall–Kier alpha value is -1.59. The van der Waals surface area contributed by atoms with Gasteiger partial charge in [-0.2, -0.15) is 0 Å². The number of rotatable bonds is 6. The summed E-state index contributed by atoms with van der Waals surface area (Å²) < 4.78 is 9.31. The highest BCUT2D eigenvalue weighted by atomic mass is 16.5. The number of amides is 1. The van der Waals surface area contributed by atoms with Gasteiger partial charge in [0.05, 0.1) is 19.1 Å². The number of nitrogens with one attached hydrogen (secondary N) is 1. The third-order valence-corrected chi connectivity index (χ3v) is 2.01. The highest BCUT2D eigenvalue weighted by Gasteiger charge is 2.17. The van der Waals surface area contributed by atoms with Crippen LogP contribution in [0, 0.1) is 5.92 Å². The zero-order valence-corrected chi connectivity index (χ0v) is 10.4. The van der Waals surface area contributed by atoms with E-state index >= 15 is 0 Å². The maximum Gasteiger partial charge on any atom is 0.396 e. The van der Waals surface area contributed by atoms with E-state index in [9.17, 15) is 14.4 Å². The molecule has 0 fully saturated rings. The van der Waals surface area contributed by atoms with E-state index in [-0.39, 0.29) is 25.0 Å². The van der Waals surface area contributed by atoms with Crippen molar-refractivity contribution in [2.45, 2.75) is 27.2 Å². The molecule has 1 atom stereocenters. The second-order valence-electron chi connectivity index (χ2n) is 3.42. The first kappa shape index (κ1) is 15.4. The summed E-state index contributed by atoms with van der Waals surface area (Å²) in [4.78, 5) is 33.3. The number of ether oxygens (including phenoxy) is 2. The van der Waals surface area contributed by atoms with Crippen molar-refractivity contribution in [3.63, 3.8) is 0 Å². The standard InChI is InChI=1S/C11H19NO5/c1-4-16-10(14)8(3)6-7-12-9(13)11(15)17-5-2/h8H,4-7H2,1-3H3,(H,12,13). The normalized spacial score (nSPS) is 11.5. The summed E-state index contributed by atoms with van der Waals surface area (Å²) in [7, 11) is 0. The first-order valence-corrected chi connectivity index (χ1v) is 5.64. The smallest absolute Gasteiger partial charge is 0.396 e. The lowest BCUT2D eigenvalue weighted by atomic mass is 10.1. The summed E-state index contributed by atoms with van der Waals surface area (Å²) in [6, 6.07) is 0. The second kappa shape index (κ2) is 8.55. The molecule has 0 heterocycles. The monoisotopic (exact) mass is 245 g/mol. The number of esters is 2. The number of carbonyl (C=O) groups excluding carboxylic acids is 3. The van der Waals surface area contributed by atoms with Gasteiger partial charge in [0.1, 0.15) is 0 Å². The lowest BCUT2D eigenvalue weighted by molar-refractivity contribution is -0.154. The molecule has 6 nitrogen and oxygen atoms in total. The quantitative estimate of drug-likeness (QED) is 0.536. The minimum absolute atomic E-state index is 0.158. The Morgan fingerprint density at radius 2 is 1.71 bits per heavy atom. The molecule has 0 saturated heterocycles. The lowest BCUT2D eigenvalue weighted by Crippen LogP contribution is -2.34. The Kier molecular flexibility index (Phi) is 7.75. The Bertz CT molecular complexity index is 277. The van der Waals surface area contributed by atoms with E-state index in [2.05, 4.69) is 10.1 Å². The SMILES string of the molecule is CCOC(=O)C(=O)NCCC(C)C(=O)OCC. The largest absolute Gasteiger partial charge is 0.466 e. The predicted molar refractivity (Wildman–Crippen MR) is 60.1 cm³/mol. The van der Waals surface area contributed by atoms with Crippen molar-refractivity contribution >= 4 is 17.8 Å². The van der Waals surface area contributed by atoms with E-state index < -0.39 is 11.9 Å². The highest BCUT2D eigenvalue weighted by Crippen LogP contribution is 2.03. The molecule has 0 radical (unpaired) electrons. The van der Waals surface area contributed by atoms with E-state index in [0.717, 1.165) is 0 Å². The molecule has 0 aromatic rings. The van der Waals surface area contributed by atoms with Crippen LogP contribution >= 0.6 is 0 Å². The minimum atomic E-state index is -0.906. The molecule has 17 heavy (non-hydrogen) atoms. The van der Waals surface area contributed by atoms with Gasteiger partial charge in [-0.25, -0.2) is 4.79 Å². The van der Waals surface area contributed by atoms with E-state index in [1.165, 1.54) is 0 Å². The number of hydrogen-bond donors (Lipinski definition) is 1. The van der Waals surface area contributed by atoms with Crippen LogP contribution in [0.15, 0.2) is 0 Å². The van der Waals surface area contributed by atoms with Crippen LogP contribution in [-0.4, -0.2) is 37.6 Å². The first-order chi connectivity index (χ1) is 8.02. The molecule has 0 bridgehead atoms. The van der Waals surface area contributed by atoms with Crippen LogP contribution in [0.5, 0.6) is 0 Å². The highest BCUT2D eigenvalue weighted by molar-refractivity contribution is 6.32. The van der Waals surface area contributed by atoms with Crippen molar-refractivity contribution in [3.8, 4) is 0 Å². The molecule has 0 saturated carbocycles. The van der Waals surface area contributed by atoms with Gasteiger partial charge in [0, 0.05) is 6.54 Å². The molecule has 1 N–H and O–H groups in total. The van der Waals surface area contributed by atoms with E-state index in [4.69, 9.17) is 4.74 Å². The Balaban J connectivity index is 3.79. The summed E-state index contributed by atoms with van der Waals surface area (Å²) >= 11 is 0. The summed E-state index contributed by atoms with van der Waals surface area (Å²) in [6.07, 6.45) is 0.421. The summed E-state index contributed by atoms with van der Waals surface area (Å²) in [5.74, 6) is -2.31. The zero-order chi connectivity index (χ0) is 13.3. The molecule has 0 spiro atoms. The third-order valence-electron chi connectivity index (χ3n) is 2.01. The maximum absolute atomic E-state index is 11.2.